The molecule has 2 unspecified atom stereocenters. The number of benzene rings is 1. The standard InChI is InChI=1S/C18H19N3O4S2/c22-17(19-7-6-14-5-2-8-25-14)12-3-1-4-13(9-12)20-18-21-15-10-27(23,24)11-16(15)26-18/h1-5,8-9,15-16H,6-7,10-11H2,(H,19,22)(H,20,21). The van der Waals surface area contributed by atoms with Crippen molar-refractivity contribution in [3.8, 4) is 0 Å². The van der Waals surface area contributed by atoms with Gasteiger partial charge in [0.05, 0.1) is 23.8 Å². The molecule has 7 nitrogen and oxygen atoms in total. The fourth-order valence-corrected chi connectivity index (χ4v) is 6.81. The van der Waals surface area contributed by atoms with Crippen molar-refractivity contribution in [1.82, 2.24) is 5.32 Å². The van der Waals surface area contributed by atoms with Gasteiger partial charge < -0.3 is 15.1 Å². The molecule has 0 saturated carbocycles. The Labute approximate surface area is 161 Å². The summed E-state index contributed by atoms with van der Waals surface area (Å²) < 4.78 is 28.5. The van der Waals surface area contributed by atoms with Crippen molar-refractivity contribution in [3.05, 3.63) is 54.0 Å². The molecule has 2 aliphatic heterocycles. The van der Waals surface area contributed by atoms with Gasteiger partial charge in [-0.2, -0.15) is 0 Å². The molecule has 142 valence electrons. The van der Waals surface area contributed by atoms with Crippen LogP contribution in [-0.2, 0) is 16.3 Å². The summed E-state index contributed by atoms with van der Waals surface area (Å²) in [4.78, 5) is 16.8. The highest BCUT2D eigenvalue weighted by atomic mass is 32.2. The number of hydrogen-bond donors (Lipinski definition) is 2. The lowest BCUT2D eigenvalue weighted by Gasteiger charge is -2.09. The zero-order valence-corrected chi connectivity index (χ0v) is 16.1. The quantitative estimate of drug-likeness (QED) is 0.788. The van der Waals surface area contributed by atoms with E-state index in [1.807, 2.05) is 18.2 Å². The van der Waals surface area contributed by atoms with E-state index in [0.29, 0.717) is 23.7 Å². The van der Waals surface area contributed by atoms with Gasteiger partial charge >= 0.3 is 0 Å². The highest BCUT2D eigenvalue weighted by molar-refractivity contribution is 8.15. The summed E-state index contributed by atoms with van der Waals surface area (Å²) in [5.74, 6) is 0.965. The van der Waals surface area contributed by atoms with Crippen molar-refractivity contribution < 1.29 is 17.6 Å². The molecule has 1 amide bonds. The minimum Gasteiger partial charge on any atom is -0.469 e. The highest BCUT2D eigenvalue weighted by Crippen LogP contribution is 2.34. The number of nitrogens with one attached hydrogen (secondary N) is 2. The van der Waals surface area contributed by atoms with Crippen LogP contribution >= 0.6 is 11.8 Å². The number of amides is 1. The van der Waals surface area contributed by atoms with Crippen LogP contribution in [0.5, 0.6) is 0 Å². The van der Waals surface area contributed by atoms with Crippen LogP contribution in [0.3, 0.4) is 0 Å². The lowest BCUT2D eigenvalue weighted by Crippen LogP contribution is -2.25. The molecule has 0 aliphatic carbocycles. The number of carbonyl (C=O) groups is 1. The van der Waals surface area contributed by atoms with Crippen LogP contribution in [0.1, 0.15) is 16.1 Å². The first-order valence-corrected chi connectivity index (χ1v) is 11.3. The van der Waals surface area contributed by atoms with Crippen molar-refractivity contribution in [2.75, 3.05) is 23.4 Å². The minimum atomic E-state index is -2.96. The Morgan fingerprint density at radius 3 is 2.93 bits per heavy atom. The second-order valence-electron chi connectivity index (χ2n) is 6.53. The van der Waals surface area contributed by atoms with E-state index in [-0.39, 0.29) is 28.7 Å². The second-order valence-corrected chi connectivity index (χ2v) is 9.91. The second kappa shape index (κ2) is 7.40. The first-order chi connectivity index (χ1) is 13.0. The molecule has 0 spiro atoms. The summed E-state index contributed by atoms with van der Waals surface area (Å²) in [6, 6.07) is 10.7. The smallest absolute Gasteiger partial charge is 0.251 e. The average Bonchev–Trinajstić information content (AvgIpc) is 3.30. The van der Waals surface area contributed by atoms with Gasteiger partial charge in [-0.25, -0.2) is 8.42 Å². The third kappa shape index (κ3) is 4.36. The summed E-state index contributed by atoms with van der Waals surface area (Å²) in [6.45, 7) is 0.490. The van der Waals surface area contributed by atoms with Gasteiger partial charge in [0.1, 0.15) is 5.76 Å². The van der Waals surface area contributed by atoms with Gasteiger partial charge in [0, 0.05) is 29.5 Å². The van der Waals surface area contributed by atoms with Gasteiger partial charge in [-0.3, -0.25) is 9.79 Å². The number of hydrogen-bond acceptors (Lipinski definition) is 7. The van der Waals surface area contributed by atoms with Crippen molar-refractivity contribution in [2.45, 2.75) is 17.7 Å². The van der Waals surface area contributed by atoms with E-state index in [1.54, 1.807) is 24.5 Å². The molecular formula is C18H19N3O4S2. The number of fused-ring (bicyclic) bond motifs is 1. The molecule has 3 heterocycles. The van der Waals surface area contributed by atoms with Crippen LogP contribution in [0.15, 0.2) is 52.1 Å². The zero-order chi connectivity index (χ0) is 18.9. The largest absolute Gasteiger partial charge is 0.469 e. The predicted molar refractivity (Wildman–Crippen MR) is 106 cm³/mol. The minimum absolute atomic E-state index is 0.00872. The molecule has 2 atom stereocenters. The molecule has 1 aromatic heterocycles. The van der Waals surface area contributed by atoms with Gasteiger partial charge in [-0.1, -0.05) is 17.8 Å². The number of sulfone groups is 1. The SMILES string of the molecule is O=C(NCCc1ccco1)c1cccc(NC2=NC3CS(=O)(=O)CC3S2)c1. The molecule has 9 heteroatoms. The number of rotatable bonds is 5. The molecule has 2 aliphatic rings. The normalized spacial score (nSPS) is 22.9. The van der Waals surface area contributed by atoms with Crippen molar-refractivity contribution in [3.63, 3.8) is 0 Å². The van der Waals surface area contributed by atoms with E-state index in [1.165, 1.54) is 11.8 Å². The third-order valence-electron chi connectivity index (χ3n) is 4.43. The number of amidine groups is 1. The lowest BCUT2D eigenvalue weighted by molar-refractivity contribution is 0.0953. The zero-order valence-electron chi connectivity index (χ0n) is 14.4. The topological polar surface area (TPSA) is 101 Å². The Bertz CT molecular complexity index is 970. The van der Waals surface area contributed by atoms with E-state index in [4.69, 9.17) is 4.42 Å². The van der Waals surface area contributed by atoms with Crippen LogP contribution in [0, 0.1) is 0 Å². The van der Waals surface area contributed by atoms with Crippen LogP contribution in [-0.4, -0.2) is 48.8 Å². The number of thioether (sulfide) groups is 1. The molecular weight excluding hydrogens is 386 g/mol. The van der Waals surface area contributed by atoms with Crippen molar-refractivity contribution in [1.29, 1.82) is 0 Å². The summed E-state index contributed by atoms with van der Waals surface area (Å²) in [5.41, 5.74) is 1.30. The molecule has 2 N–H and O–H groups in total. The van der Waals surface area contributed by atoms with Crippen LogP contribution < -0.4 is 10.6 Å². The Kier molecular flexibility index (Phi) is 4.96. The molecule has 0 bridgehead atoms. The Morgan fingerprint density at radius 1 is 1.26 bits per heavy atom. The highest BCUT2D eigenvalue weighted by Gasteiger charge is 2.42. The number of nitrogens with zero attached hydrogens (tertiary/aromatic N) is 1. The summed E-state index contributed by atoms with van der Waals surface area (Å²) in [5, 5.41) is 6.76. The monoisotopic (exact) mass is 405 g/mol. The first-order valence-electron chi connectivity index (χ1n) is 8.61. The maximum Gasteiger partial charge on any atom is 0.251 e. The number of anilines is 1. The molecule has 2 aromatic rings. The van der Waals surface area contributed by atoms with E-state index in [2.05, 4.69) is 15.6 Å². The fraction of sp³-hybridized carbons (Fsp3) is 0.333. The van der Waals surface area contributed by atoms with Gasteiger partial charge in [-0.15, -0.1) is 0 Å². The van der Waals surface area contributed by atoms with Crippen molar-refractivity contribution >= 4 is 38.4 Å². The van der Waals surface area contributed by atoms with Gasteiger partial charge in [0.15, 0.2) is 15.0 Å². The average molecular weight is 406 g/mol. The Hall–Kier alpha value is -2.26. The molecule has 0 radical (unpaired) electrons. The Balaban J connectivity index is 1.34. The summed E-state index contributed by atoms with van der Waals surface area (Å²) in [6.07, 6.45) is 2.25. The van der Waals surface area contributed by atoms with Crippen molar-refractivity contribution in [2.24, 2.45) is 4.99 Å². The summed E-state index contributed by atoms with van der Waals surface area (Å²) in [7, 11) is -2.96. The third-order valence-corrected chi connectivity index (χ3v) is 7.57. The van der Waals surface area contributed by atoms with Crippen LogP contribution in [0.2, 0.25) is 0 Å². The maximum absolute atomic E-state index is 12.3. The summed E-state index contributed by atoms with van der Waals surface area (Å²) >= 11 is 1.45. The predicted octanol–water partition coefficient (Wildman–Crippen LogP) is 1.93. The van der Waals surface area contributed by atoms with Gasteiger partial charge in [0.2, 0.25) is 0 Å². The van der Waals surface area contributed by atoms with Crippen LogP contribution in [0.25, 0.3) is 0 Å². The fourth-order valence-electron chi connectivity index (χ4n) is 3.13. The number of furan rings is 1. The molecule has 27 heavy (non-hydrogen) atoms. The molecule has 1 aromatic carbocycles. The van der Waals surface area contributed by atoms with Gasteiger partial charge in [-0.05, 0) is 30.3 Å². The number of carbonyl (C=O) groups excluding carboxylic acids is 1. The number of aliphatic imine (C=N–C) groups is 1. The van der Waals surface area contributed by atoms with Gasteiger partial charge in [0.25, 0.3) is 5.91 Å². The molecule has 1 fully saturated rings. The van der Waals surface area contributed by atoms with Crippen LogP contribution in [0.4, 0.5) is 5.69 Å². The maximum atomic E-state index is 12.3. The van der Waals surface area contributed by atoms with E-state index in [9.17, 15) is 13.2 Å². The van der Waals surface area contributed by atoms with E-state index < -0.39 is 9.84 Å². The molecule has 4 rings (SSSR count). The van der Waals surface area contributed by atoms with E-state index in [0.717, 1.165) is 11.4 Å². The Morgan fingerprint density at radius 2 is 2.15 bits per heavy atom. The first kappa shape index (κ1) is 18.1. The lowest BCUT2D eigenvalue weighted by atomic mass is 10.2. The molecule has 1 saturated heterocycles. The van der Waals surface area contributed by atoms with E-state index >= 15 is 0 Å².